The summed E-state index contributed by atoms with van der Waals surface area (Å²) in [5.41, 5.74) is 0.811. The average Bonchev–Trinajstić information content (AvgIpc) is 2.50. The molecule has 22 heavy (non-hydrogen) atoms. The van der Waals surface area contributed by atoms with E-state index in [1.165, 1.54) is 30.2 Å². The monoisotopic (exact) mass is 320 g/mol. The predicted molar refractivity (Wildman–Crippen MR) is 84.2 cm³/mol. The van der Waals surface area contributed by atoms with E-state index in [1.807, 2.05) is 6.26 Å². The van der Waals surface area contributed by atoms with Gasteiger partial charge in [0.15, 0.2) is 5.16 Å². The van der Waals surface area contributed by atoms with Crippen molar-refractivity contribution in [1.29, 1.82) is 0 Å². The molecule has 0 bridgehead atoms. The fraction of sp³-hybridized carbons (Fsp3) is 0.308. The van der Waals surface area contributed by atoms with Crippen LogP contribution in [0, 0.1) is 6.92 Å². The normalized spacial score (nSPS) is 10.3. The SMILES string of the molecule is CSc1ncc(C(=O)NCCNc2nc(C)cc(=O)[nH]2)cn1. The van der Waals surface area contributed by atoms with Crippen LogP contribution in [0.4, 0.5) is 5.95 Å². The van der Waals surface area contributed by atoms with Gasteiger partial charge in [-0.05, 0) is 13.2 Å². The number of carbonyl (C=O) groups is 1. The number of amides is 1. The maximum absolute atomic E-state index is 11.9. The summed E-state index contributed by atoms with van der Waals surface area (Å²) in [5, 5.41) is 6.28. The highest BCUT2D eigenvalue weighted by Crippen LogP contribution is 2.06. The predicted octanol–water partition coefficient (Wildman–Crippen LogP) is 0.432. The van der Waals surface area contributed by atoms with Crippen molar-refractivity contribution in [1.82, 2.24) is 25.3 Å². The highest BCUT2D eigenvalue weighted by atomic mass is 32.2. The molecule has 0 radical (unpaired) electrons. The molecule has 0 saturated heterocycles. The molecule has 2 heterocycles. The van der Waals surface area contributed by atoms with E-state index in [2.05, 4.69) is 30.6 Å². The lowest BCUT2D eigenvalue weighted by Crippen LogP contribution is -2.29. The maximum atomic E-state index is 11.9. The van der Waals surface area contributed by atoms with Crippen molar-refractivity contribution in [3.8, 4) is 0 Å². The molecule has 2 aromatic rings. The van der Waals surface area contributed by atoms with Crippen molar-refractivity contribution in [3.63, 3.8) is 0 Å². The van der Waals surface area contributed by atoms with Crippen molar-refractivity contribution in [2.24, 2.45) is 0 Å². The number of aromatic nitrogens is 4. The Morgan fingerprint density at radius 1 is 1.32 bits per heavy atom. The van der Waals surface area contributed by atoms with Gasteiger partial charge in [0.25, 0.3) is 11.5 Å². The molecule has 0 fully saturated rings. The zero-order valence-electron chi connectivity index (χ0n) is 12.2. The molecule has 3 N–H and O–H groups in total. The second-order valence-electron chi connectivity index (χ2n) is 4.38. The lowest BCUT2D eigenvalue weighted by molar-refractivity contribution is 0.0954. The zero-order chi connectivity index (χ0) is 15.9. The largest absolute Gasteiger partial charge is 0.354 e. The first kappa shape index (κ1) is 16.0. The Morgan fingerprint density at radius 3 is 2.68 bits per heavy atom. The number of nitrogens with one attached hydrogen (secondary N) is 3. The van der Waals surface area contributed by atoms with Gasteiger partial charge in [-0.2, -0.15) is 0 Å². The number of nitrogens with zero attached hydrogens (tertiary/aromatic N) is 3. The van der Waals surface area contributed by atoms with Crippen LogP contribution in [0.1, 0.15) is 16.1 Å². The summed E-state index contributed by atoms with van der Waals surface area (Å²) in [7, 11) is 0. The lowest BCUT2D eigenvalue weighted by atomic mass is 10.3. The molecule has 8 nitrogen and oxygen atoms in total. The number of H-pyrrole nitrogens is 1. The summed E-state index contributed by atoms with van der Waals surface area (Å²) in [5.74, 6) is 0.132. The number of rotatable bonds is 6. The van der Waals surface area contributed by atoms with Gasteiger partial charge in [-0.1, -0.05) is 11.8 Å². The van der Waals surface area contributed by atoms with Crippen LogP contribution >= 0.6 is 11.8 Å². The number of aryl methyl sites for hydroxylation is 1. The molecular formula is C13H16N6O2S. The molecule has 9 heteroatoms. The van der Waals surface area contributed by atoms with Crippen molar-refractivity contribution in [2.45, 2.75) is 12.1 Å². The van der Waals surface area contributed by atoms with Gasteiger partial charge in [-0.15, -0.1) is 0 Å². The number of carbonyl (C=O) groups excluding carboxylic acids is 1. The van der Waals surface area contributed by atoms with E-state index in [1.54, 1.807) is 6.92 Å². The second-order valence-corrected chi connectivity index (χ2v) is 5.15. The molecule has 0 spiro atoms. The maximum Gasteiger partial charge on any atom is 0.254 e. The zero-order valence-corrected chi connectivity index (χ0v) is 13.0. The third-order valence-electron chi connectivity index (χ3n) is 2.65. The summed E-state index contributed by atoms with van der Waals surface area (Å²) in [6.07, 6.45) is 4.84. The van der Waals surface area contributed by atoms with Gasteiger partial charge in [0.2, 0.25) is 5.95 Å². The van der Waals surface area contributed by atoms with Gasteiger partial charge < -0.3 is 10.6 Å². The highest BCUT2D eigenvalue weighted by Gasteiger charge is 2.06. The minimum Gasteiger partial charge on any atom is -0.354 e. The molecule has 2 rings (SSSR count). The van der Waals surface area contributed by atoms with E-state index in [-0.39, 0.29) is 11.5 Å². The average molecular weight is 320 g/mol. The van der Waals surface area contributed by atoms with Crippen LogP contribution in [0.25, 0.3) is 0 Å². The smallest absolute Gasteiger partial charge is 0.254 e. The first-order valence-corrected chi connectivity index (χ1v) is 7.77. The molecule has 0 aliphatic heterocycles. The minimum absolute atomic E-state index is 0.218. The van der Waals surface area contributed by atoms with Crippen molar-refractivity contribution in [3.05, 3.63) is 40.1 Å². The molecule has 0 aromatic carbocycles. The Balaban J connectivity index is 1.80. The van der Waals surface area contributed by atoms with E-state index in [0.29, 0.717) is 35.5 Å². The van der Waals surface area contributed by atoms with Gasteiger partial charge in [0, 0.05) is 37.2 Å². The standard InChI is InChI=1S/C13H16N6O2S/c1-8-5-10(20)19-12(18-8)15-4-3-14-11(21)9-6-16-13(22-2)17-7-9/h5-7H,3-4H2,1-2H3,(H,14,21)(H2,15,18,19,20). The second kappa shape index (κ2) is 7.55. The number of hydrogen-bond acceptors (Lipinski definition) is 7. The topological polar surface area (TPSA) is 113 Å². The van der Waals surface area contributed by atoms with Crippen LogP contribution in [0.2, 0.25) is 0 Å². The van der Waals surface area contributed by atoms with E-state index in [4.69, 9.17) is 0 Å². The summed E-state index contributed by atoms with van der Waals surface area (Å²) >= 11 is 1.41. The molecule has 0 saturated carbocycles. The number of hydrogen-bond donors (Lipinski definition) is 3. The first-order chi connectivity index (χ1) is 10.6. The lowest BCUT2D eigenvalue weighted by Gasteiger charge is -2.07. The molecule has 2 aromatic heterocycles. The van der Waals surface area contributed by atoms with E-state index in [9.17, 15) is 9.59 Å². The molecule has 0 aliphatic carbocycles. The van der Waals surface area contributed by atoms with Crippen molar-refractivity contribution >= 4 is 23.6 Å². The Bertz CT molecular complexity index is 700. The molecule has 0 unspecified atom stereocenters. The van der Waals surface area contributed by atoms with Crippen molar-refractivity contribution in [2.75, 3.05) is 24.7 Å². The van der Waals surface area contributed by atoms with Gasteiger partial charge in [-0.3, -0.25) is 14.6 Å². The van der Waals surface area contributed by atoms with Gasteiger partial charge in [-0.25, -0.2) is 15.0 Å². The van der Waals surface area contributed by atoms with Crippen molar-refractivity contribution < 1.29 is 4.79 Å². The summed E-state index contributed by atoms with van der Waals surface area (Å²) in [6.45, 7) is 2.54. The molecule has 0 aliphatic rings. The van der Waals surface area contributed by atoms with Gasteiger partial charge in [0.1, 0.15) is 0 Å². The number of thioether (sulfide) groups is 1. The fourth-order valence-corrected chi connectivity index (χ4v) is 1.98. The van der Waals surface area contributed by atoms with E-state index in [0.717, 1.165) is 0 Å². The Morgan fingerprint density at radius 2 is 2.05 bits per heavy atom. The van der Waals surface area contributed by atoms with Crippen LogP contribution in [0.3, 0.4) is 0 Å². The van der Waals surface area contributed by atoms with Gasteiger partial charge >= 0.3 is 0 Å². The van der Waals surface area contributed by atoms with Crippen LogP contribution < -0.4 is 16.2 Å². The number of aromatic amines is 1. The molecular weight excluding hydrogens is 304 g/mol. The third kappa shape index (κ3) is 4.55. The molecule has 0 atom stereocenters. The first-order valence-electron chi connectivity index (χ1n) is 6.54. The summed E-state index contributed by atoms with van der Waals surface area (Å²) < 4.78 is 0. The number of anilines is 1. The Labute approximate surface area is 131 Å². The van der Waals surface area contributed by atoms with E-state index >= 15 is 0 Å². The minimum atomic E-state index is -0.250. The fourth-order valence-electron chi connectivity index (χ4n) is 1.66. The molecule has 116 valence electrons. The van der Waals surface area contributed by atoms with Gasteiger partial charge in [0.05, 0.1) is 5.56 Å². The summed E-state index contributed by atoms with van der Waals surface area (Å²) in [4.78, 5) is 37.9. The van der Waals surface area contributed by atoms with Crippen LogP contribution in [-0.4, -0.2) is 45.2 Å². The highest BCUT2D eigenvalue weighted by molar-refractivity contribution is 7.98. The quantitative estimate of drug-likeness (QED) is 0.402. The molecule has 1 amide bonds. The van der Waals surface area contributed by atoms with Crippen LogP contribution in [-0.2, 0) is 0 Å². The Kier molecular flexibility index (Phi) is 5.48. The third-order valence-corrected chi connectivity index (χ3v) is 3.22. The van der Waals surface area contributed by atoms with Crippen LogP contribution in [0.15, 0.2) is 28.4 Å². The summed E-state index contributed by atoms with van der Waals surface area (Å²) in [6, 6.07) is 1.41. The van der Waals surface area contributed by atoms with Crippen LogP contribution in [0.5, 0.6) is 0 Å². The van der Waals surface area contributed by atoms with E-state index < -0.39 is 0 Å². The Hall–Kier alpha value is -2.42.